The maximum Gasteiger partial charge on any atom is 0.0786 e. The van der Waals surface area contributed by atoms with Crippen molar-refractivity contribution in [3.8, 4) is 0 Å². The Hall–Kier alpha value is -0.0400. The molecule has 1 heteroatoms. The highest BCUT2D eigenvalue weighted by molar-refractivity contribution is 4.57. The molecular weight excluding hydrogens is 759 g/mol. The Bertz CT molecular complexity index is 680. The highest BCUT2D eigenvalue weighted by Gasteiger charge is 2.25. The molecule has 0 aliphatic heterocycles. The molecule has 0 saturated heterocycles. The fraction of sp³-hybridized carbons (Fsp3) is 1.00. The average Bonchev–Trinajstić information content (AvgIpc) is 3.29. The molecule has 1 nitrogen and oxygen atoms in total. The highest BCUT2D eigenvalue weighted by atomic mass is 15.3. The van der Waals surface area contributed by atoms with Gasteiger partial charge in [0.1, 0.15) is 0 Å². The van der Waals surface area contributed by atoms with Gasteiger partial charge in [0.25, 0.3) is 0 Å². The van der Waals surface area contributed by atoms with Gasteiger partial charge >= 0.3 is 0 Å². The molecule has 63 heavy (non-hydrogen) atoms. The SMILES string of the molecule is CCCCCCCCCCCCCCCCCCC[N+](CCCCC)(CCCCCCCCCCCCCCCCCCC)CCCCCCCCCCCCCCCCCCC. The number of rotatable bonds is 58. The number of hydrogen-bond donors (Lipinski definition) is 0. The van der Waals surface area contributed by atoms with Crippen LogP contribution in [-0.4, -0.2) is 30.7 Å². The van der Waals surface area contributed by atoms with Gasteiger partial charge < -0.3 is 4.48 Å². The zero-order valence-corrected chi connectivity index (χ0v) is 45.5. The normalized spacial score (nSPS) is 12.0. The predicted molar refractivity (Wildman–Crippen MR) is 292 cm³/mol. The van der Waals surface area contributed by atoms with Gasteiger partial charge in [-0.1, -0.05) is 323 Å². The van der Waals surface area contributed by atoms with Crippen LogP contribution in [0.3, 0.4) is 0 Å². The van der Waals surface area contributed by atoms with Crippen molar-refractivity contribution in [2.24, 2.45) is 0 Å². The second-order valence-corrected chi connectivity index (χ2v) is 21.9. The van der Waals surface area contributed by atoms with E-state index in [1.165, 1.54) is 377 Å². The summed E-state index contributed by atoms with van der Waals surface area (Å²) in [5, 5.41) is 0. The van der Waals surface area contributed by atoms with E-state index in [2.05, 4.69) is 27.7 Å². The van der Waals surface area contributed by atoms with Crippen molar-refractivity contribution in [2.45, 2.75) is 374 Å². The third-order valence-electron chi connectivity index (χ3n) is 15.4. The first kappa shape index (κ1) is 63.0. The fourth-order valence-corrected chi connectivity index (χ4v) is 10.9. The van der Waals surface area contributed by atoms with Gasteiger partial charge in [-0.05, 0) is 51.4 Å². The Morgan fingerprint density at radius 2 is 0.222 bits per heavy atom. The summed E-state index contributed by atoms with van der Waals surface area (Å²) in [5.41, 5.74) is 0. The Balaban J connectivity index is 4.47. The number of unbranched alkanes of at least 4 members (excludes halogenated alkanes) is 50. The summed E-state index contributed by atoms with van der Waals surface area (Å²) < 4.78 is 1.48. The molecule has 0 bridgehead atoms. The lowest BCUT2D eigenvalue weighted by atomic mass is 10.0. The molecule has 0 saturated carbocycles. The summed E-state index contributed by atoms with van der Waals surface area (Å²) in [6.45, 7) is 15.3. The van der Waals surface area contributed by atoms with Crippen LogP contribution in [0.5, 0.6) is 0 Å². The second-order valence-electron chi connectivity index (χ2n) is 21.9. The van der Waals surface area contributed by atoms with Crippen molar-refractivity contribution in [1.82, 2.24) is 0 Å². The van der Waals surface area contributed by atoms with Crippen LogP contribution in [0.25, 0.3) is 0 Å². The van der Waals surface area contributed by atoms with E-state index in [9.17, 15) is 0 Å². The monoisotopic (exact) mass is 887 g/mol. The van der Waals surface area contributed by atoms with Crippen molar-refractivity contribution in [2.75, 3.05) is 26.2 Å². The van der Waals surface area contributed by atoms with E-state index in [4.69, 9.17) is 0 Å². The maximum absolute atomic E-state index is 2.41. The zero-order valence-electron chi connectivity index (χ0n) is 45.5. The topological polar surface area (TPSA) is 0 Å². The minimum absolute atomic E-state index is 1.37. The van der Waals surface area contributed by atoms with Crippen molar-refractivity contribution in [3.63, 3.8) is 0 Å². The number of nitrogens with zero attached hydrogens (tertiary/aromatic N) is 1. The van der Waals surface area contributed by atoms with Crippen LogP contribution < -0.4 is 0 Å². The Kier molecular flexibility index (Phi) is 56.2. The van der Waals surface area contributed by atoms with Gasteiger partial charge in [0, 0.05) is 0 Å². The molecule has 0 amide bonds. The van der Waals surface area contributed by atoms with Crippen LogP contribution in [0.4, 0.5) is 0 Å². The molecule has 0 aromatic heterocycles. The van der Waals surface area contributed by atoms with Gasteiger partial charge in [-0.3, -0.25) is 0 Å². The minimum atomic E-state index is 1.37. The van der Waals surface area contributed by atoms with E-state index < -0.39 is 0 Å². The zero-order chi connectivity index (χ0) is 45.5. The molecule has 0 N–H and O–H groups in total. The molecule has 0 radical (unpaired) electrons. The van der Waals surface area contributed by atoms with Crippen molar-refractivity contribution >= 4 is 0 Å². The van der Waals surface area contributed by atoms with Gasteiger partial charge in [-0.2, -0.15) is 0 Å². The largest absolute Gasteiger partial charge is 0.324 e. The standard InChI is InChI=1S/C62H128N/c1-5-9-13-16-19-22-25-28-31-34-37-40-43-46-49-52-56-60-63(59-55-12-8-4,61-57-53-50-47-44-41-38-35-32-29-26-23-20-17-14-10-6-2)62-58-54-51-48-45-42-39-36-33-30-27-24-21-18-15-11-7-3/h5-62H2,1-4H3/q+1. The maximum atomic E-state index is 2.41. The molecule has 0 aromatic carbocycles. The second kappa shape index (κ2) is 56.3. The van der Waals surface area contributed by atoms with Crippen LogP contribution in [0.1, 0.15) is 374 Å². The number of hydrogen-bond acceptors (Lipinski definition) is 0. The molecule has 0 atom stereocenters. The lowest BCUT2D eigenvalue weighted by molar-refractivity contribution is -0.929. The smallest absolute Gasteiger partial charge is 0.0786 e. The van der Waals surface area contributed by atoms with Crippen LogP contribution in [0.2, 0.25) is 0 Å². The summed E-state index contributed by atoms with van der Waals surface area (Å²) in [4.78, 5) is 0. The van der Waals surface area contributed by atoms with Gasteiger partial charge in [-0.15, -0.1) is 0 Å². The summed E-state index contributed by atoms with van der Waals surface area (Å²) >= 11 is 0. The lowest BCUT2D eigenvalue weighted by Gasteiger charge is -2.39. The van der Waals surface area contributed by atoms with Crippen LogP contribution in [-0.2, 0) is 0 Å². The fourth-order valence-electron chi connectivity index (χ4n) is 10.9. The molecule has 0 aliphatic rings. The van der Waals surface area contributed by atoms with E-state index in [1.54, 1.807) is 0 Å². The molecule has 0 spiro atoms. The first-order chi connectivity index (χ1) is 31.2. The van der Waals surface area contributed by atoms with Crippen LogP contribution in [0.15, 0.2) is 0 Å². The molecule has 0 rings (SSSR count). The molecule has 0 aliphatic carbocycles. The predicted octanol–water partition coefficient (Wildman–Crippen LogP) is 22.9. The Morgan fingerprint density at radius 1 is 0.127 bits per heavy atom. The van der Waals surface area contributed by atoms with Gasteiger partial charge in [-0.25, -0.2) is 0 Å². The van der Waals surface area contributed by atoms with E-state index in [0.29, 0.717) is 0 Å². The van der Waals surface area contributed by atoms with Gasteiger partial charge in [0.15, 0.2) is 0 Å². The molecule has 380 valence electrons. The first-order valence-corrected chi connectivity index (χ1v) is 31.1. The van der Waals surface area contributed by atoms with Gasteiger partial charge in [0.05, 0.1) is 26.2 Å². The molecule has 0 unspecified atom stereocenters. The summed E-state index contributed by atoms with van der Waals surface area (Å²) in [7, 11) is 0. The average molecular weight is 888 g/mol. The third-order valence-corrected chi connectivity index (χ3v) is 15.4. The first-order valence-electron chi connectivity index (χ1n) is 31.1. The highest BCUT2D eigenvalue weighted by Crippen LogP contribution is 2.22. The quantitative estimate of drug-likeness (QED) is 0.0422. The van der Waals surface area contributed by atoms with E-state index in [1.807, 2.05) is 0 Å². The number of quaternary nitrogens is 1. The van der Waals surface area contributed by atoms with E-state index >= 15 is 0 Å². The van der Waals surface area contributed by atoms with E-state index in [-0.39, 0.29) is 0 Å². The molecule has 0 aromatic rings. The molecular formula is C62H128N+. The van der Waals surface area contributed by atoms with Crippen molar-refractivity contribution in [3.05, 3.63) is 0 Å². The summed E-state index contributed by atoms with van der Waals surface area (Å²) in [6.07, 6.45) is 79.7. The van der Waals surface area contributed by atoms with E-state index in [0.717, 1.165) is 0 Å². The summed E-state index contributed by atoms with van der Waals surface area (Å²) in [5.74, 6) is 0. The lowest BCUT2D eigenvalue weighted by Crippen LogP contribution is -2.50. The molecule has 0 fully saturated rings. The Labute approximate surface area is 403 Å². The molecule has 0 heterocycles. The third kappa shape index (κ3) is 51.2. The summed E-state index contributed by atoms with van der Waals surface area (Å²) in [6, 6.07) is 0. The van der Waals surface area contributed by atoms with Crippen LogP contribution in [0, 0.1) is 0 Å². The van der Waals surface area contributed by atoms with Crippen LogP contribution >= 0.6 is 0 Å². The van der Waals surface area contributed by atoms with Gasteiger partial charge in [0.2, 0.25) is 0 Å². The van der Waals surface area contributed by atoms with Crippen molar-refractivity contribution < 1.29 is 4.48 Å². The minimum Gasteiger partial charge on any atom is -0.324 e. The van der Waals surface area contributed by atoms with Crippen molar-refractivity contribution in [1.29, 1.82) is 0 Å². The Morgan fingerprint density at radius 3 is 0.365 bits per heavy atom.